The second-order valence-electron chi connectivity index (χ2n) is 3.27. The summed E-state index contributed by atoms with van der Waals surface area (Å²) < 4.78 is 0. The highest BCUT2D eigenvalue weighted by molar-refractivity contribution is 5.96. The highest BCUT2D eigenvalue weighted by Gasteiger charge is 2.19. The van der Waals surface area contributed by atoms with Crippen molar-refractivity contribution in [2.75, 3.05) is 6.61 Å². The molecule has 0 aromatic heterocycles. The summed E-state index contributed by atoms with van der Waals surface area (Å²) in [6.45, 7) is -0.663. The molecule has 1 amide bonds. The smallest absolute Gasteiger partial charge is 0.328 e. The van der Waals surface area contributed by atoms with Crippen LogP contribution in [0.5, 0.6) is 0 Å². The van der Waals surface area contributed by atoms with E-state index < -0.39 is 24.5 Å². The molecule has 0 radical (unpaired) electrons. The summed E-state index contributed by atoms with van der Waals surface area (Å²) >= 11 is 0. The molecule has 1 aromatic carbocycles. The number of carbonyl (C=O) groups excluding carboxylic acids is 1. The molecule has 0 aliphatic rings. The van der Waals surface area contributed by atoms with Crippen LogP contribution < -0.4 is 5.32 Å². The fourth-order valence-corrected chi connectivity index (χ4v) is 1.14. The van der Waals surface area contributed by atoms with Gasteiger partial charge in [0, 0.05) is 11.1 Å². The first-order valence-corrected chi connectivity index (χ1v) is 4.79. The van der Waals surface area contributed by atoms with Crippen molar-refractivity contribution in [3.05, 3.63) is 35.4 Å². The number of carboxylic acid groups (broad SMARTS) is 1. The maximum Gasteiger partial charge on any atom is 0.328 e. The van der Waals surface area contributed by atoms with Gasteiger partial charge < -0.3 is 15.5 Å². The molecular formula is C12H11NO4. The first kappa shape index (κ1) is 12.7. The minimum absolute atomic E-state index is 0.281. The van der Waals surface area contributed by atoms with Crippen LogP contribution in [0.4, 0.5) is 0 Å². The second-order valence-corrected chi connectivity index (χ2v) is 3.27. The molecule has 5 nitrogen and oxygen atoms in total. The van der Waals surface area contributed by atoms with Gasteiger partial charge in [-0.05, 0) is 24.3 Å². The van der Waals surface area contributed by atoms with Crippen LogP contribution in [-0.2, 0) is 4.79 Å². The molecule has 0 bridgehead atoms. The molecule has 3 N–H and O–H groups in total. The van der Waals surface area contributed by atoms with Gasteiger partial charge in [-0.15, -0.1) is 6.42 Å². The third kappa shape index (κ3) is 3.33. The number of rotatable bonds is 4. The fraction of sp³-hybridized carbons (Fsp3) is 0.167. The number of benzene rings is 1. The van der Waals surface area contributed by atoms with Gasteiger partial charge in [0.25, 0.3) is 5.91 Å². The van der Waals surface area contributed by atoms with E-state index in [2.05, 4.69) is 11.2 Å². The fourth-order valence-electron chi connectivity index (χ4n) is 1.14. The van der Waals surface area contributed by atoms with Crippen molar-refractivity contribution in [3.8, 4) is 12.3 Å². The zero-order valence-corrected chi connectivity index (χ0v) is 8.88. The lowest BCUT2D eigenvalue weighted by atomic mass is 10.1. The van der Waals surface area contributed by atoms with Gasteiger partial charge in [-0.25, -0.2) is 4.79 Å². The van der Waals surface area contributed by atoms with Crippen LogP contribution in [0.25, 0.3) is 0 Å². The molecule has 0 saturated carbocycles. The minimum atomic E-state index is -1.31. The average Bonchev–Trinajstić information content (AvgIpc) is 2.35. The van der Waals surface area contributed by atoms with Crippen LogP contribution in [0.2, 0.25) is 0 Å². The lowest BCUT2D eigenvalue weighted by Crippen LogP contribution is -2.43. The standard InChI is InChI=1S/C12H11NO4/c1-2-8-3-5-9(6-4-8)11(15)13-10(7-14)12(16)17/h1,3-6,10,14H,7H2,(H,13,15)(H,16,17). The number of nitrogens with one attached hydrogen (secondary N) is 1. The highest BCUT2D eigenvalue weighted by atomic mass is 16.4. The molecular weight excluding hydrogens is 222 g/mol. The maximum absolute atomic E-state index is 11.6. The van der Waals surface area contributed by atoms with Crippen molar-refractivity contribution < 1.29 is 19.8 Å². The first-order chi connectivity index (χ1) is 8.08. The number of carboxylic acids is 1. The Morgan fingerprint density at radius 1 is 1.35 bits per heavy atom. The van der Waals surface area contributed by atoms with Crippen LogP contribution in [0.1, 0.15) is 15.9 Å². The molecule has 0 aliphatic carbocycles. The van der Waals surface area contributed by atoms with Gasteiger partial charge in [-0.1, -0.05) is 5.92 Å². The Morgan fingerprint density at radius 3 is 2.35 bits per heavy atom. The third-order valence-electron chi connectivity index (χ3n) is 2.10. The number of hydrogen-bond donors (Lipinski definition) is 3. The van der Waals surface area contributed by atoms with E-state index in [-0.39, 0.29) is 5.56 Å². The highest BCUT2D eigenvalue weighted by Crippen LogP contribution is 2.03. The Labute approximate surface area is 98.1 Å². The largest absolute Gasteiger partial charge is 0.480 e. The predicted octanol–water partition coefficient (Wildman–Crippen LogP) is -0.157. The lowest BCUT2D eigenvalue weighted by molar-refractivity contribution is -0.140. The molecule has 0 fully saturated rings. The van der Waals surface area contributed by atoms with Crippen molar-refractivity contribution in [3.63, 3.8) is 0 Å². The van der Waals surface area contributed by atoms with Crippen molar-refractivity contribution in [1.82, 2.24) is 5.32 Å². The topological polar surface area (TPSA) is 86.6 Å². The molecule has 1 unspecified atom stereocenters. The quantitative estimate of drug-likeness (QED) is 0.631. The Morgan fingerprint density at radius 2 is 1.94 bits per heavy atom. The number of carbonyl (C=O) groups is 2. The van der Waals surface area contributed by atoms with E-state index in [1.54, 1.807) is 12.1 Å². The summed E-state index contributed by atoms with van der Waals surface area (Å²) in [5, 5.41) is 19.6. The van der Waals surface area contributed by atoms with Crippen molar-refractivity contribution in [1.29, 1.82) is 0 Å². The number of aliphatic carboxylic acids is 1. The van der Waals surface area contributed by atoms with E-state index in [1.165, 1.54) is 12.1 Å². The zero-order valence-electron chi connectivity index (χ0n) is 8.88. The second kappa shape index (κ2) is 5.68. The lowest BCUT2D eigenvalue weighted by Gasteiger charge is -2.11. The summed E-state index contributed by atoms with van der Waals surface area (Å²) in [5.41, 5.74) is 0.905. The van der Waals surface area contributed by atoms with E-state index in [9.17, 15) is 9.59 Å². The molecule has 0 heterocycles. The molecule has 5 heteroatoms. The summed E-state index contributed by atoms with van der Waals surface area (Å²) in [6.07, 6.45) is 5.16. The van der Waals surface area contributed by atoms with E-state index in [0.29, 0.717) is 5.56 Å². The molecule has 1 rings (SSSR count). The summed E-state index contributed by atoms with van der Waals surface area (Å²) in [7, 11) is 0. The molecule has 88 valence electrons. The van der Waals surface area contributed by atoms with Gasteiger partial charge >= 0.3 is 5.97 Å². The van der Waals surface area contributed by atoms with Gasteiger partial charge in [0.1, 0.15) is 0 Å². The molecule has 0 saturated heterocycles. The van der Waals surface area contributed by atoms with Crippen molar-refractivity contribution >= 4 is 11.9 Å². The molecule has 0 spiro atoms. The summed E-state index contributed by atoms with van der Waals surface area (Å²) in [5.74, 6) is 0.533. The molecule has 1 atom stereocenters. The first-order valence-electron chi connectivity index (χ1n) is 4.79. The Hall–Kier alpha value is -2.32. The van der Waals surface area contributed by atoms with Gasteiger partial charge in [0.2, 0.25) is 0 Å². The van der Waals surface area contributed by atoms with E-state index >= 15 is 0 Å². The van der Waals surface area contributed by atoms with Gasteiger partial charge in [0.15, 0.2) is 6.04 Å². The number of amides is 1. The Kier molecular flexibility index (Phi) is 4.26. The van der Waals surface area contributed by atoms with Crippen LogP contribution in [0.15, 0.2) is 24.3 Å². The van der Waals surface area contributed by atoms with Crippen LogP contribution in [-0.4, -0.2) is 34.7 Å². The van der Waals surface area contributed by atoms with Gasteiger partial charge in [-0.3, -0.25) is 4.79 Å². The number of aliphatic hydroxyl groups is 1. The van der Waals surface area contributed by atoms with Crippen LogP contribution in [0.3, 0.4) is 0 Å². The van der Waals surface area contributed by atoms with E-state index in [4.69, 9.17) is 16.6 Å². The Bertz CT molecular complexity index is 458. The van der Waals surface area contributed by atoms with E-state index in [0.717, 1.165) is 0 Å². The molecule has 0 aliphatic heterocycles. The minimum Gasteiger partial charge on any atom is -0.480 e. The summed E-state index contributed by atoms with van der Waals surface area (Å²) in [6, 6.07) is 4.81. The summed E-state index contributed by atoms with van der Waals surface area (Å²) in [4.78, 5) is 22.2. The van der Waals surface area contributed by atoms with Crippen LogP contribution >= 0.6 is 0 Å². The van der Waals surface area contributed by atoms with Crippen LogP contribution in [0, 0.1) is 12.3 Å². The maximum atomic E-state index is 11.6. The average molecular weight is 233 g/mol. The van der Waals surface area contributed by atoms with Crippen molar-refractivity contribution in [2.45, 2.75) is 6.04 Å². The van der Waals surface area contributed by atoms with Gasteiger partial charge in [-0.2, -0.15) is 0 Å². The monoisotopic (exact) mass is 233 g/mol. The van der Waals surface area contributed by atoms with E-state index in [1.807, 2.05) is 0 Å². The molecule has 1 aromatic rings. The SMILES string of the molecule is C#Cc1ccc(C(=O)NC(CO)C(=O)O)cc1. The number of terminal acetylenes is 1. The Balaban J connectivity index is 2.76. The molecule has 17 heavy (non-hydrogen) atoms. The third-order valence-corrected chi connectivity index (χ3v) is 2.10. The number of aliphatic hydroxyl groups excluding tert-OH is 1. The predicted molar refractivity (Wildman–Crippen MR) is 60.4 cm³/mol. The zero-order chi connectivity index (χ0) is 12.8. The van der Waals surface area contributed by atoms with Crippen molar-refractivity contribution in [2.24, 2.45) is 0 Å². The normalized spacial score (nSPS) is 11.3. The number of hydrogen-bond acceptors (Lipinski definition) is 3. The van der Waals surface area contributed by atoms with Gasteiger partial charge in [0.05, 0.1) is 6.61 Å².